The van der Waals surface area contributed by atoms with Crippen molar-refractivity contribution in [3.63, 3.8) is 0 Å². The van der Waals surface area contributed by atoms with Crippen LogP contribution in [0.4, 0.5) is 0 Å². The van der Waals surface area contributed by atoms with Crippen LogP contribution in [0.1, 0.15) is 16.6 Å². The Hall–Kier alpha value is -0.480. The van der Waals surface area contributed by atoms with Crippen molar-refractivity contribution < 1.29 is 23.1 Å². The third-order valence-electron chi connectivity index (χ3n) is 2.12. The molecule has 0 spiro atoms. The van der Waals surface area contributed by atoms with Crippen LogP contribution in [0, 0.1) is 0 Å². The molecule has 1 aromatic rings. The van der Waals surface area contributed by atoms with Crippen LogP contribution in [0.3, 0.4) is 0 Å². The van der Waals surface area contributed by atoms with Gasteiger partial charge < -0.3 is 9.84 Å². The van der Waals surface area contributed by atoms with Gasteiger partial charge >= 0.3 is 5.97 Å². The van der Waals surface area contributed by atoms with Gasteiger partial charge in [-0.1, -0.05) is 0 Å². The number of carboxylic acid groups (broad SMARTS) is 1. The Morgan fingerprint density at radius 1 is 1.67 bits per heavy atom. The Kier molecular flexibility index (Phi) is 5.29. The van der Waals surface area contributed by atoms with E-state index in [0.717, 1.165) is 17.4 Å². The van der Waals surface area contributed by atoms with Crippen LogP contribution < -0.4 is 4.72 Å². The van der Waals surface area contributed by atoms with Gasteiger partial charge in [-0.05, 0) is 28.9 Å². The molecule has 1 unspecified atom stereocenters. The first-order valence-electron chi connectivity index (χ1n) is 4.83. The van der Waals surface area contributed by atoms with Crippen LogP contribution in [-0.2, 0) is 14.8 Å². The second-order valence-electron chi connectivity index (χ2n) is 3.45. The van der Waals surface area contributed by atoms with Gasteiger partial charge in [-0.25, -0.2) is 17.9 Å². The lowest BCUT2D eigenvalue weighted by atomic mass is 10.4. The second-order valence-corrected chi connectivity index (χ2v) is 7.56. The van der Waals surface area contributed by atoms with E-state index in [2.05, 4.69) is 20.7 Å². The monoisotopic (exact) mass is 357 g/mol. The lowest BCUT2D eigenvalue weighted by Crippen LogP contribution is -2.31. The van der Waals surface area contributed by atoms with Crippen molar-refractivity contribution in [2.24, 2.45) is 0 Å². The number of halogens is 1. The van der Waals surface area contributed by atoms with Gasteiger partial charge in [0.2, 0.25) is 10.0 Å². The lowest BCUT2D eigenvalue weighted by Gasteiger charge is -2.10. The third kappa shape index (κ3) is 3.75. The van der Waals surface area contributed by atoms with E-state index in [1.165, 1.54) is 7.11 Å². The number of ether oxygens (including phenoxy) is 1. The summed E-state index contributed by atoms with van der Waals surface area (Å²) in [6.07, 6.45) is -0.267. The Balaban J connectivity index is 2.95. The van der Waals surface area contributed by atoms with Crippen LogP contribution in [0.15, 0.2) is 14.7 Å². The predicted octanol–water partition coefficient (Wildman–Crippen LogP) is 1.52. The second kappa shape index (κ2) is 6.11. The van der Waals surface area contributed by atoms with Gasteiger partial charge in [-0.15, -0.1) is 11.3 Å². The minimum Gasteiger partial charge on any atom is -0.477 e. The van der Waals surface area contributed by atoms with Crippen LogP contribution >= 0.6 is 27.3 Å². The number of aromatic carboxylic acids is 1. The first kappa shape index (κ1) is 15.6. The normalized spacial score (nSPS) is 13.5. The van der Waals surface area contributed by atoms with E-state index < -0.39 is 16.0 Å². The fourth-order valence-corrected chi connectivity index (χ4v) is 4.55. The van der Waals surface area contributed by atoms with Crippen molar-refractivity contribution in [3.8, 4) is 0 Å². The summed E-state index contributed by atoms with van der Waals surface area (Å²) in [7, 11) is -2.26. The van der Waals surface area contributed by atoms with Crippen molar-refractivity contribution in [1.82, 2.24) is 4.72 Å². The van der Waals surface area contributed by atoms with E-state index in [1.54, 1.807) is 6.92 Å². The van der Waals surface area contributed by atoms with E-state index in [0.29, 0.717) is 0 Å². The molecular formula is C9H12BrNO5S2. The molecule has 0 aliphatic rings. The minimum atomic E-state index is -3.74. The molecule has 0 radical (unpaired) electrons. The van der Waals surface area contributed by atoms with Gasteiger partial charge in [0.1, 0.15) is 9.77 Å². The number of carboxylic acids is 1. The molecule has 0 saturated heterocycles. The van der Waals surface area contributed by atoms with Crippen LogP contribution in [-0.4, -0.2) is 39.3 Å². The number of hydrogen-bond acceptors (Lipinski definition) is 5. The van der Waals surface area contributed by atoms with Crippen molar-refractivity contribution >= 4 is 43.3 Å². The van der Waals surface area contributed by atoms with E-state index in [4.69, 9.17) is 9.84 Å². The van der Waals surface area contributed by atoms with Crippen molar-refractivity contribution in [2.45, 2.75) is 17.9 Å². The van der Waals surface area contributed by atoms with E-state index in [1.807, 2.05) is 0 Å². The molecule has 102 valence electrons. The summed E-state index contributed by atoms with van der Waals surface area (Å²) in [6.45, 7) is 1.83. The Morgan fingerprint density at radius 2 is 2.28 bits per heavy atom. The quantitative estimate of drug-likeness (QED) is 0.804. The Labute approximate surface area is 117 Å². The number of rotatable bonds is 6. The molecule has 1 aromatic heterocycles. The summed E-state index contributed by atoms with van der Waals surface area (Å²) in [4.78, 5) is 10.6. The third-order valence-corrected chi connectivity index (χ3v) is 5.78. The van der Waals surface area contributed by atoms with Gasteiger partial charge in [0.25, 0.3) is 0 Å². The van der Waals surface area contributed by atoms with Crippen LogP contribution in [0.2, 0.25) is 0 Å². The van der Waals surface area contributed by atoms with E-state index in [9.17, 15) is 13.2 Å². The topological polar surface area (TPSA) is 92.7 Å². The molecule has 0 aliphatic carbocycles. The zero-order chi connectivity index (χ0) is 13.9. The molecule has 1 atom stereocenters. The summed E-state index contributed by atoms with van der Waals surface area (Å²) in [6, 6.07) is 1.12. The molecule has 1 heterocycles. The van der Waals surface area contributed by atoms with Crippen molar-refractivity contribution in [3.05, 3.63) is 14.7 Å². The van der Waals surface area contributed by atoms with Crippen LogP contribution in [0.5, 0.6) is 0 Å². The highest BCUT2D eigenvalue weighted by Gasteiger charge is 2.23. The smallest absolute Gasteiger partial charge is 0.345 e. The van der Waals surface area contributed by atoms with E-state index >= 15 is 0 Å². The molecule has 6 nitrogen and oxygen atoms in total. The lowest BCUT2D eigenvalue weighted by molar-refractivity contribution is 0.0702. The minimum absolute atomic E-state index is 0.0398. The first-order chi connectivity index (χ1) is 8.27. The molecule has 0 saturated carbocycles. The number of nitrogens with one attached hydrogen (secondary N) is 1. The van der Waals surface area contributed by atoms with Crippen LogP contribution in [0.25, 0.3) is 0 Å². The zero-order valence-electron chi connectivity index (χ0n) is 9.64. The largest absolute Gasteiger partial charge is 0.477 e. The highest BCUT2D eigenvalue weighted by atomic mass is 79.9. The number of methoxy groups -OCH3 is 1. The molecule has 18 heavy (non-hydrogen) atoms. The molecule has 0 fully saturated rings. The number of carbonyl (C=O) groups is 1. The molecule has 0 amide bonds. The molecular weight excluding hydrogens is 346 g/mol. The summed E-state index contributed by atoms with van der Waals surface area (Å²) >= 11 is 3.91. The van der Waals surface area contributed by atoms with Gasteiger partial charge in [-0.3, -0.25) is 0 Å². The van der Waals surface area contributed by atoms with Crippen molar-refractivity contribution in [2.75, 3.05) is 13.7 Å². The number of hydrogen-bond donors (Lipinski definition) is 2. The molecule has 0 bridgehead atoms. The standard InChI is InChI=1S/C9H12BrNO5S2/c1-5(16-2)4-11-18(14,15)7-3-6(9(12)13)17-8(7)10/h3,5,11H,4H2,1-2H3,(H,12,13). The maximum atomic E-state index is 11.9. The SMILES string of the molecule is COC(C)CNS(=O)(=O)c1cc(C(=O)O)sc1Br. The van der Waals surface area contributed by atoms with E-state index in [-0.39, 0.29) is 26.2 Å². The van der Waals surface area contributed by atoms with Gasteiger partial charge in [0.05, 0.1) is 9.89 Å². The summed E-state index contributed by atoms with van der Waals surface area (Å²) < 4.78 is 31.4. The average molecular weight is 358 g/mol. The van der Waals surface area contributed by atoms with Crippen molar-refractivity contribution in [1.29, 1.82) is 0 Å². The Bertz CT molecular complexity index is 539. The summed E-state index contributed by atoms with van der Waals surface area (Å²) in [5.41, 5.74) is 0. The number of sulfonamides is 1. The maximum absolute atomic E-state index is 11.9. The molecule has 9 heteroatoms. The maximum Gasteiger partial charge on any atom is 0.345 e. The molecule has 1 rings (SSSR count). The fraction of sp³-hybridized carbons (Fsp3) is 0.444. The Morgan fingerprint density at radius 3 is 2.72 bits per heavy atom. The summed E-state index contributed by atoms with van der Waals surface area (Å²) in [5.74, 6) is -1.16. The predicted molar refractivity (Wildman–Crippen MR) is 70.6 cm³/mol. The molecule has 0 aliphatic heterocycles. The van der Waals surface area contributed by atoms with Gasteiger partial charge in [-0.2, -0.15) is 0 Å². The highest BCUT2D eigenvalue weighted by molar-refractivity contribution is 9.11. The zero-order valence-corrected chi connectivity index (χ0v) is 12.9. The average Bonchev–Trinajstić information content (AvgIpc) is 2.69. The fourth-order valence-electron chi connectivity index (χ4n) is 1.03. The molecule has 2 N–H and O–H groups in total. The molecule has 0 aromatic carbocycles. The summed E-state index contributed by atoms with van der Waals surface area (Å²) in [5, 5.41) is 8.80. The van der Waals surface area contributed by atoms with Gasteiger partial charge in [0.15, 0.2) is 0 Å². The first-order valence-corrected chi connectivity index (χ1v) is 7.92. The highest BCUT2D eigenvalue weighted by Crippen LogP contribution is 2.31. The van der Waals surface area contributed by atoms with Gasteiger partial charge in [0, 0.05) is 13.7 Å². The number of thiophene rings is 1.